The van der Waals surface area contributed by atoms with Crippen molar-refractivity contribution in [3.63, 3.8) is 0 Å². The van der Waals surface area contributed by atoms with Gasteiger partial charge in [0.1, 0.15) is 0 Å². The minimum atomic E-state index is -0.736. The van der Waals surface area contributed by atoms with Crippen molar-refractivity contribution in [2.75, 3.05) is 0 Å². The van der Waals surface area contributed by atoms with E-state index in [2.05, 4.69) is 0 Å². The maximum absolute atomic E-state index is 12.5. The molecule has 2 aromatic carbocycles. The monoisotopic (exact) mass is 264 g/mol. The smallest absolute Gasteiger partial charge is 0.169 e. The quantitative estimate of drug-likeness (QED) is 0.904. The van der Waals surface area contributed by atoms with E-state index in [0.717, 1.165) is 16.7 Å². The fourth-order valence-corrected chi connectivity index (χ4v) is 2.74. The summed E-state index contributed by atoms with van der Waals surface area (Å²) in [7, 11) is 0. The Bertz CT molecular complexity index is 656. The van der Waals surface area contributed by atoms with Gasteiger partial charge < -0.3 is 5.11 Å². The molecule has 0 radical (unpaired) electrons. The van der Waals surface area contributed by atoms with E-state index in [0.29, 0.717) is 5.57 Å². The van der Waals surface area contributed by atoms with E-state index < -0.39 is 6.10 Å². The van der Waals surface area contributed by atoms with Gasteiger partial charge >= 0.3 is 0 Å². The normalized spacial score (nSPS) is 22.4. The molecule has 1 N–H and O–H groups in total. The molecule has 0 aliphatic heterocycles. The molecule has 2 atom stereocenters. The topological polar surface area (TPSA) is 37.3 Å². The Kier molecular flexibility index (Phi) is 3.25. The number of aliphatic hydroxyl groups is 1. The molecular weight excluding hydrogens is 248 g/mol. The molecule has 0 saturated carbocycles. The van der Waals surface area contributed by atoms with Gasteiger partial charge in [0, 0.05) is 11.5 Å². The predicted molar refractivity (Wildman–Crippen MR) is 79.9 cm³/mol. The molecule has 1 aliphatic carbocycles. The van der Waals surface area contributed by atoms with E-state index in [4.69, 9.17) is 0 Å². The van der Waals surface area contributed by atoms with E-state index in [-0.39, 0.29) is 11.7 Å². The van der Waals surface area contributed by atoms with Crippen LogP contribution in [-0.4, -0.2) is 17.0 Å². The molecule has 2 nitrogen and oxygen atoms in total. The van der Waals surface area contributed by atoms with Crippen LogP contribution >= 0.6 is 0 Å². The Balaban J connectivity index is 2.23. The Morgan fingerprint density at radius 1 is 0.850 bits per heavy atom. The summed E-state index contributed by atoms with van der Waals surface area (Å²) in [5.74, 6) is -0.372. The second-order valence-electron chi connectivity index (χ2n) is 5.12. The van der Waals surface area contributed by atoms with E-state index in [9.17, 15) is 9.90 Å². The van der Waals surface area contributed by atoms with Crippen LogP contribution in [0.2, 0.25) is 0 Å². The van der Waals surface area contributed by atoms with Gasteiger partial charge in [0.15, 0.2) is 5.78 Å². The van der Waals surface area contributed by atoms with Crippen LogP contribution in [0.4, 0.5) is 0 Å². The SMILES string of the molecule is C[C@H]1C(=O)C(c2ccccc2)=C(c2ccccc2)[C@H]1O. The molecule has 20 heavy (non-hydrogen) atoms. The van der Waals surface area contributed by atoms with Crippen LogP contribution in [-0.2, 0) is 4.79 Å². The van der Waals surface area contributed by atoms with Crippen LogP contribution < -0.4 is 0 Å². The lowest BCUT2D eigenvalue weighted by atomic mass is 9.96. The standard InChI is InChI=1S/C18H16O2/c1-12-17(19)15(13-8-4-2-5-9-13)16(18(12)20)14-10-6-3-7-11-14/h2-12,17,19H,1H3/t12-,17+/m1/s1. The maximum atomic E-state index is 12.5. The third kappa shape index (κ3) is 1.98. The fraction of sp³-hybridized carbons (Fsp3) is 0.167. The van der Waals surface area contributed by atoms with Gasteiger partial charge in [0.25, 0.3) is 0 Å². The minimum Gasteiger partial charge on any atom is -0.388 e. The average Bonchev–Trinajstić information content (AvgIpc) is 2.73. The summed E-state index contributed by atoms with van der Waals surface area (Å²) >= 11 is 0. The number of rotatable bonds is 2. The highest BCUT2D eigenvalue weighted by Gasteiger charge is 2.38. The zero-order chi connectivity index (χ0) is 14.1. The fourth-order valence-electron chi connectivity index (χ4n) is 2.74. The highest BCUT2D eigenvalue weighted by atomic mass is 16.3. The van der Waals surface area contributed by atoms with E-state index in [1.807, 2.05) is 60.7 Å². The second-order valence-corrected chi connectivity index (χ2v) is 5.12. The van der Waals surface area contributed by atoms with Crippen LogP contribution in [0.15, 0.2) is 60.7 Å². The highest BCUT2D eigenvalue weighted by Crippen LogP contribution is 2.40. The Morgan fingerprint density at radius 3 is 1.90 bits per heavy atom. The lowest BCUT2D eigenvalue weighted by Gasteiger charge is -2.12. The second kappa shape index (κ2) is 5.06. The number of benzene rings is 2. The van der Waals surface area contributed by atoms with Crippen molar-refractivity contribution in [3.05, 3.63) is 71.8 Å². The van der Waals surface area contributed by atoms with Crippen LogP contribution in [0.3, 0.4) is 0 Å². The molecule has 2 aromatic rings. The van der Waals surface area contributed by atoms with Crippen LogP contribution in [0.25, 0.3) is 11.1 Å². The van der Waals surface area contributed by atoms with Crippen molar-refractivity contribution in [2.24, 2.45) is 5.92 Å². The number of carbonyl (C=O) groups is 1. The highest BCUT2D eigenvalue weighted by molar-refractivity contribution is 6.32. The number of ketones is 1. The van der Waals surface area contributed by atoms with Gasteiger partial charge in [-0.05, 0) is 16.7 Å². The van der Waals surface area contributed by atoms with Crippen LogP contribution in [0.5, 0.6) is 0 Å². The lowest BCUT2D eigenvalue weighted by molar-refractivity contribution is -0.117. The molecule has 0 aromatic heterocycles. The summed E-state index contributed by atoms with van der Waals surface area (Å²) in [5.41, 5.74) is 3.18. The molecule has 1 aliphatic rings. The van der Waals surface area contributed by atoms with Crippen molar-refractivity contribution in [1.29, 1.82) is 0 Å². The van der Waals surface area contributed by atoms with Gasteiger partial charge in [0.05, 0.1) is 6.10 Å². The molecular formula is C18H16O2. The van der Waals surface area contributed by atoms with Crippen molar-refractivity contribution in [3.8, 4) is 0 Å². The first-order chi connectivity index (χ1) is 9.70. The molecule has 0 spiro atoms. The van der Waals surface area contributed by atoms with Crippen molar-refractivity contribution in [1.82, 2.24) is 0 Å². The largest absolute Gasteiger partial charge is 0.388 e. The zero-order valence-electron chi connectivity index (χ0n) is 11.3. The summed E-state index contributed by atoms with van der Waals surface area (Å²) in [6.07, 6.45) is -0.736. The van der Waals surface area contributed by atoms with Crippen LogP contribution in [0.1, 0.15) is 18.1 Å². The molecule has 0 saturated heterocycles. The van der Waals surface area contributed by atoms with Gasteiger partial charge in [-0.2, -0.15) is 0 Å². The Morgan fingerprint density at radius 2 is 1.35 bits per heavy atom. The third-order valence-electron chi connectivity index (χ3n) is 3.85. The van der Waals surface area contributed by atoms with Crippen LogP contribution in [0, 0.1) is 5.92 Å². The first kappa shape index (κ1) is 12.8. The molecule has 0 amide bonds. The summed E-state index contributed by atoms with van der Waals surface area (Å²) in [6.45, 7) is 1.78. The molecule has 0 heterocycles. The van der Waals surface area contributed by atoms with Gasteiger partial charge in [-0.15, -0.1) is 0 Å². The maximum Gasteiger partial charge on any atom is 0.169 e. The number of allylic oxidation sites excluding steroid dienone is 1. The minimum absolute atomic E-state index is 0.0163. The molecule has 0 unspecified atom stereocenters. The number of Topliss-reactive ketones (excluding diaryl/α,β-unsaturated/α-hetero) is 1. The summed E-state index contributed by atoms with van der Waals surface area (Å²) in [5, 5.41) is 10.4. The molecule has 2 heteroatoms. The molecule has 0 bridgehead atoms. The number of hydrogen-bond acceptors (Lipinski definition) is 2. The van der Waals surface area contributed by atoms with Gasteiger partial charge in [-0.25, -0.2) is 0 Å². The van der Waals surface area contributed by atoms with Crippen molar-refractivity contribution >= 4 is 16.9 Å². The molecule has 100 valence electrons. The van der Waals surface area contributed by atoms with E-state index >= 15 is 0 Å². The van der Waals surface area contributed by atoms with E-state index in [1.165, 1.54) is 0 Å². The molecule has 3 rings (SSSR count). The Hall–Kier alpha value is -2.19. The summed E-state index contributed by atoms with van der Waals surface area (Å²) in [6, 6.07) is 19.2. The lowest BCUT2D eigenvalue weighted by Crippen LogP contribution is -2.18. The van der Waals surface area contributed by atoms with Crippen molar-refractivity contribution in [2.45, 2.75) is 13.0 Å². The Labute approximate surface area is 118 Å². The first-order valence-electron chi connectivity index (χ1n) is 6.77. The summed E-state index contributed by atoms with van der Waals surface area (Å²) in [4.78, 5) is 12.5. The van der Waals surface area contributed by atoms with Gasteiger partial charge in [0.2, 0.25) is 0 Å². The third-order valence-corrected chi connectivity index (χ3v) is 3.85. The predicted octanol–water partition coefficient (Wildman–Crippen LogP) is 3.18. The van der Waals surface area contributed by atoms with E-state index in [1.54, 1.807) is 6.92 Å². The average molecular weight is 264 g/mol. The number of carbonyl (C=O) groups excluding carboxylic acids is 1. The number of aliphatic hydroxyl groups excluding tert-OH is 1. The van der Waals surface area contributed by atoms with Crippen molar-refractivity contribution < 1.29 is 9.90 Å². The first-order valence-corrected chi connectivity index (χ1v) is 6.77. The van der Waals surface area contributed by atoms with Gasteiger partial charge in [-0.1, -0.05) is 67.6 Å². The molecule has 0 fully saturated rings. The number of hydrogen-bond donors (Lipinski definition) is 1. The zero-order valence-corrected chi connectivity index (χ0v) is 11.3. The van der Waals surface area contributed by atoms with Gasteiger partial charge in [-0.3, -0.25) is 4.79 Å². The summed E-state index contributed by atoms with van der Waals surface area (Å²) < 4.78 is 0.